The maximum Gasteiger partial charge on any atom is 0.267 e. The fraction of sp³-hybridized carbons (Fsp3) is 0.238. The van der Waals surface area contributed by atoms with E-state index in [1.165, 1.54) is 15.8 Å². The molecule has 1 aliphatic rings. The van der Waals surface area contributed by atoms with Crippen LogP contribution >= 0.6 is 0 Å². The van der Waals surface area contributed by atoms with Crippen molar-refractivity contribution in [2.75, 3.05) is 7.11 Å². The molecule has 4 rings (SSSR count). The number of ether oxygens (including phenoxy) is 2. The minimum absolute atomic E-state index is 0.0818. The van der Waals surface area contributed by atoms with Gasteiger partial charge in [-0.2, -0.15) is 5.10 Å². The summed E-state index contributed by atoms with van der Waals surface area (Å²) < 4.78 is 13.0. The Balaban J connectivity index is 1.63. The minimum atomic E-state index is -0.146. The maximum atomic E-state index is 11.9. The summed E-state index contributed by atoms with van der Waals surface area (Å²) in [6.45, 7) is 0. The smallest absolute Gasteiger partial charge is 0.267 e. The first-order valence-corrected chi connectivity index (χ1v) is 8.59. The van der Waals surface area contributed by atoms with Crippen molar-refractivity contribution in [3.63, 3.8) is 0 Å². The molecule has 5 nitrogen and oxygen atoms in total. The first-order chi connectivity index (χ1) is 12.6. The first-order valence-electron chi connectivity index (χ1n) is 8.59. The van der Waals surface area contributed by atoms with Crippen LogP contribution in [-0.4, -0.2) is 23.0 Å². The fourth-order valence-electron chi connectivity index (χ4n) is 3.36. The van der Waals surface area contributed by atoms with E-state index < -0.39 is 0 Å². The Morgan fingerprint density at radius 2 is 1.73 bits per heavy atom. The highest BCUT2D eigenvalue weighted by Crippen LogP contribution is 2.35. The van der Waals surface area contributed by atoms with Crippen LogP contribution in [-0.2, 0) is 19.9 Å². The van der Waals surface area contributed by atoms with Gasteiger partial charge in [0.05, 0.1) is 13.3 Å². The molecule has 1 heterocycles. The summed E-state index contributed by atoms with van der Waals surface area (Å²) in [5.74, 6) is 1.37. The Bertz CT molecular complexity index is 985. The highest BCUT2D eigenvalue weighted by atomic mass is 16.5. The third-order valence-electron chi connectivity index (χ3n) is 4.77. The highest BCUT2D eigenvalue weighted by molar-refractivity contribution is 5.66. The van der Waals surface area contributed by atoms with Crippen molar-refractivity contribution in [3.8, 4) is 22.6 Å². The zero-order chi connectivity index (χ0) is 18.1. The van der Waals surface area contributed by atoms with Crippen LogP contribution in [0.1, 0.15) is 11.1 Å². The largest absolute Gasteiger partial charge is 0.493 e. The number of hydrogen-bond donors (Lipinski definition) is 0. The summed E-state index contributed by atoms with van der Waals surface area (Å²) in [5.41, 5.74) is 4.16. The van der Waals surface area contributed by atoms with Crippen LogP contribution < -0.4 is 15.0 Å². The van der Waals surface area contributed by atoms with E-state index in [1.54, 1.807) is 26.4 Å². The molecule has 0 radical (unpaired) electrons. The third-order valence-corrected chi connectivity index (χ3v) is 4.77. The van der Waals surface area contributed by atoms with Gasteiger partial charge >= 0.3 is 0 Å². The molecule has 0 saturated carbocycles. The Labute approximate surface area is 151 Å². The van der Waals surface area contributed by atoms with E-state index in [0.717, 1.165) is 24.0 Å². The predicted octanol–water partition coefficient (Wildman–Crippen LogP) is 3.00. The molecule has 0 N–H and O–H groups in total. The van der Waals surface area contributed by atoms with Crippen molar-refractivity contribution in [2.45, 2.75) is 18.9 Å². The van der Waals surface area contributed by atoms with Crippen LogP contribution in [0.4, 0.5) is 0 Å². The summed E-state index contributed by atoms with van der Waals surface area (Å²) in [7, 11) is 3.26. The Hall–Kier alpha value is -3.08. The molecule has 26 heavy (non-hydrogen) atoms. The van der Waals surface area contributed by atoms with Crippen LogP contribution in [0, 0.1) is 0 Å². The molecule has 0 fully saturated rings. The fourth-order valence-corrected chi connectivity index (χ4v) is 3.36. The van der Waals surface area contributed by atoms with E-state index in [-0.39, 0.29) is 11.7 Å². The first kappa shape index (κ1) is 16.4. The Morgan fingerprint density at radius 3 is 2.38 bits per heavy atom. The number of hydrogen-bond acceptors (Lipinski definition) is 4. The van der Waals surface area contributed by atoms with Gasteiger partial charge in [0.2, 0.25) is 0 Å². The van der Waals surface area contributed by atoms with Crippen LogP contribution in [0.2, 0.25) is 0 Å². The van der Waals surface area contributed by atoms with Gasteiger partial charge in [-0.15, -0.1) is 0 Å². The van der Waals surface area contributed by atoms with Crippen LogP contribution in [0.25, 0.3) is 11.1 Å². The molecule has 1 aromatic heterocycles. The molecule has 2 aromatic carbocycles. The van der Waals surface area contributed by atoms with Gasteiger partial charge < -0.3 is 9.47 Å². The van der Waals surface area contributed by atoms with Gasteiger partial charge in [0.15, 0.2) is 11.5 Å². The van der Waals surface area contributed by atoms with Crippen molar-refractivity contribution >= 4 is 0 Å². The predicted molar refractivity (Wildman–Crippen MR) is 99.7 cm³/mol. The van der Waals surface area contributed by atoms with E-state index in [0.29, 0.717) is 11.5 Å². The molecule has 0 atom stereocenters. The summed E-state index contributed by atoms with van der Waals surface area (Å²) in [5, 5.41) is 4.09. The number of nitrogens with zero attached hydrogens (tertiary/aromatic N) is 2. The monoisotopic (exact) mass is 348 g/mol. The topological polar surface area (TPSA) is 53.4 Å². The quantitative estimate of drug-likeness (QED) is 0.727. The lowest BCUT2D eigenvalue weighted by molar-refractivity contribution is 0.204. The van der Waals surface area contributed by atoms with Crippen LogP contribution in [0.5, 0.6) is 11.5 Å². The molecule has 0 aliphatic heterocycles. The van der Waals surface area contributed by atoms with Gasteiger partial charge in [-0.25, -0.2) is 4.68 Å². The van der Waals surface area contributed by atoms with Gasteiger partial charge in [-0.05, 0) is 28.8 Å². The van der Waals surface area contributed by atoms with Crippen molar-refractivity contribution < 1.29 is 9.47 Å². The third kappa shape index (κ3) is 3.08. The molecule has 0 spiro atoms. The van der Waals surface area contributed by atoms with E-state index in [1.807, 2.05) is 18.2 Å². The van der Waals surface area contributed by atoms with Crippen molar-refractivity contribution in [1.82, 2.24) is 9.78 Å². The summed E-state index contributed by atoms with van der Waals surface area (Å²) in [6.07, 6.45) is 3.53. The standard InChI is InChI=1S/C21H20N2O3/c1-23-21(24)12-17(13-22-23)16-7-8-19(25-2)20(11-16)26-18-9-14-5-3-4-6-15(14)10-18/h3-8,11-13,18H,9-10H2,1-2H3. The normalized spacial score (nSPS) is 13.5. The number of fused-ring (bicyclic) bond motifs is 1. The zero-order valence-corrected chi connectivity index (χ0v) is 14.8. The van der Waals surface area contributed by atoms with Gasteiger partial charge in [0, 0.05) is 31.5 Å². The van der Waals surface area contributed by atoms with E-state index in [2.05, 4.69) is 29.4 Å². The Morgan fingerprint density at radius 1 is 1.00 bits per heavy atom. The maximum absolute atomic E-state index is 11.9. The molecule has 0 saturated heterocycles. The highest BCUT2D eigenvalue weighted by Gasteiger charge is 2.23. The number of benzene rings is 2. The number of rotatable bonds is 4. The molecule has 0 unspecified atom stereocenters. The summed E-state index contributed by atoms with van der Waals surface area (Å²) >= 11 is 0. The van der Waals surface area contributed by atoms with Crippen molar-refractivity contribution in [1.29, 1.82) is 0 Å². The van der Waals surface area contributed by atoms with E-state index in [9.17, 15) is 4.79 Å². The second-order valence-electron chi connectivity index (χ2n) is 6.49. The van der Waals surface area contributed by atoms with Gasteiger partial charge in [0.25, 0.3) is 5.56 Å². The lowest BCUT2D eigenvalue weighted by Crippen LogP contribution is -2.18. The van der Waals surface area contributed by atoms with Gasteiger partial charge in [-0.1, -0.05) is 30.3 Å². The lowest BCUT2D eigenvalue weighted by atomic mass is 10.1. The molecule has 0 amide bonds. The van der Waals surface area contributed by atoms with Gasteiger partial charge in [-0.3, -0.25) is 4.79 Å². The molecule has 0 bridgehead atoms. The van der Waals surface area contributed by atoms with Crippen LogP contribution in [0.3, 0.4) is 0 Å². The molecule has 3 aromatic rings. The van der Waals surface area contributed by atoms with Crippen LogP contribution in [0.15, 0.2) is 59.5 Å². The minimum Gasteiger partial charge on any atom is -0.493 e. The molecule has 5 heteroatoms. The molecular weight excluding hydrogens is 328 g/mol. The zero-order valence-electron chi connectivity index (χ0n) is 14.8. The second kappa shape index (κ2) is 6.67. The summed E-state index contributed by atoms with van der Waals surface area (Å²) in [6, 6.07) is 15.7. The van der Waals surface area contributed by atoms with Gasteiger partial charge in [0.1, 0.15) is 6.10 Å². The second-order valence-corrected chi connectivity index (χ2v) is 6.49. The Kier molecular flexibility index (Phi) is 4.21. The SMILES string of the molecule is COc1ccc(-c2cnn(C)c(=O)c2)cc1OC1Cc2ccccc2C1. The number of aromatic nitrogens is 2. The molecular formula is C21H20N2O3. The molecule has 1 aliphatic carbocycles. The number of aryl methyl sites for hydroxylation is 1. The van der Waals surface area contributed by atoms with Crippen molar-refractivity contribution in [3.05, 3.63) is 76.2 Å². The van der Waals surface area contributed by atoms with Crippen molar-refractivity contribution in [2.24, 2.45) is 7.05 Å². The average Bonchev–Trinajstić information content (AvgIpc) is 3.06. The summed E-state index contributed by atoms with van der Waals surface area (Å²) in [4.78, 5) is 11.9. The average molecular weight is 348 g/mol. The van der Waals surface area contributed by atoms with E-state index >= 15 is 0 Å². The lowest BCUT2D eigenvalue weighted by Gasteiger charge is -2.17. The van der Waals surface area contributed by atoms with E-state index in [4.69, 9.17) is 9.47 Å². The number of methoxy groups -OCH3 is 1. The molecule has 132 valence electrons.